The first-order valence-corrected chi connectivity index (χ1v) is 8.09. The topological polar surface area (TPSA) is 40.5 Å². The van der Waals surface area contributed by atoms with Gasteiger partial charge in [-0.05, 0) is 69.4 Å². The second kappa shape index (κ2) is 3.82. The summed E-state index contributed by atoms with van der Waals surface area (Å²) in [4.78, 5) is 15.1. The van der Waals surface area contributed by atoms with E-state index in [0.29, 0.717) is 30.6 Å². The molecule has 0 radical (unpaired) electrons. The molecule has 1 spiro atoms. The zero-order chi connectivity index (χ0) is 13.3. The van der Waals surface area contributed by atoms with Crippen LogP contribution >= 0.6 is 0 Å². The van der Waals surface area contributed by atoms with Crippen molar-refractivity contribution in [1.82, 2.24) is 4.90 Å². The van der Waals surface area contributed by atoms with E-state index in [0.717, 1.165) is 25.9 Å². The van der Waals surface area contributed by atoms with Crippen molar-refractivity contribution < 1.29 is 9.90 Å². The lowest BCUT2D eigenvalue weighted by Crippen LogP contribution is -2.79. The van der Waals surface area contributed by atoms with Crippen LogP contribution in [0.3, 0.4) is 0 Å². The van der Waals surface area contributed by atoms with Crippen molar-refractivity contribution in [2.24, 2.45) is 17.8 Å². The van der Waals surface area contributed by atoms with Crippen LogP contribution in [-0.4, -0.2) is 40.0 Å². The third-order valence-electron chi connectivity index (χ3n) is 6.65. The van der Waals surface area contributed by atoms with E-state index in [-0.39, 0.29) is 11.3 Å². The molecule has 2 heterocycles. The van der Waals surface area contributed by atoms with Gasteiger partial charge in [-0.25, -0.2) is 0 Å². The van der Waals surface area contributed by atoms with Crippen LogP contribution in [0.25, 0.3) is 0 Å². The number of rotatable bonds is 0. The standard InChI is InChI=1S/C16H25NO2/c1-11-8-12-9-14(18)16(19)5-3-7-17-6-2-4-13(12)15(16,17)10-11/h11-13,19H,2-10H2,1H3/t11-,12+,13-,15-,16+/m1/s1. The maximum Gasteiger partial charge on any atom is 0.166 e. The Morgan fingerprint density at radius 2 is 2.11 bits per heavy atom. The van der Waals surface area contributed by atoms with Crippen LogP contribution in [0.5, 0.6) is 0 Å². The monoisotopic (exact) mass is 263 g/mol. The van der Waals surface area contributed by atoms with Crippen LogP contribution in [0.4, 0.5) is 0 Å². The van der Waals surface area contributed by atoms with Gasteiger partial charge in [0.05, 0.1) is 5.54 Å². The number of hydrogen-bond acceptors (Lipinski definition) is 3. The van der Waals surface area contributed by atoms with Crippen molar-refractivity contribution in [3.63, 3.8) is 0 Å². The quantitative estimate of drug-likeness (QED) is 0.726. The van der Waals surface area contributed by atoms with Gasteiger partial charge in [0.2, 0.25) is 0 Å². The fourth-order valence-corrected chi connectivity index (χ4v) is 6.18. The lowest BCUT2D eigenvalue weighted by atomic mass is 9.47. The van der Waals surface area contributed by atoms with Gasteiger partial charge in [-0.1, -0.05) is 6.92 Å². The molecular weight excluding hydrogens is 238 g/mol. The van der Waals surface area contributed by atoms with Crippen molar-refractivity contribution in [2.75, 3.05) is 13.1 Å². The summed E-state index contributed by atoms with van der Waals surface area (Å²) < 4.78 is 0. The highest BCUT2D eigenvalue weighted by molar-refractivity contribution is 5.90. The first-order valence-electron chi connectivity index (χ1n) is 8.09. The first-order chi connectivity index (χ1) is 9.08. The smallest absolute Gasteiger partial charge is 0.166 e. The Bertz CT molecular complexity index is 421. The third-order valence-corrected chi connectivity index (χ3v) is 6.65. The normalized spacial score (nSPS) is 53.8. The summed E-state index contributed by atoms with van der Waals surface area (Å²) in [5.74, 6) is 1.92. The van der Waals surface area contributed by atoms with Crippen molar-refractivity contribution in [1.29, 1.82) is 0 Å². The Hall–Kier alpha value is -0.410. The molecule has 3 heteroatoms. The number of hydrogen-bond donors (Lipinski definition) is 1. The molecular formula is C16H25NO2. The molecule has 4 rings (SSSR count). The summed E-state index contributed by atoms with van der Waals surface area (Å²) in [5.41, 5.74) is -1.22. The van der Waals surface area contributed by atoms with Crippen molar-refractivity contribution in [2.45, 2.75) is 63.0 Å². The first kappa shape index (κ1) is 12.3. The minimum Gasteiger partial charge on any atom is -0.380 e. The second-order valence-corrected chi connectivity index (χ2v) is 7.56. The summed E-state index contributed by atoms with van der Waals surface area (Å²) in [6.07, 6.45) is 7.04. The Labute approximate surface area is 115 Å². The van der Waals surface area contributed by atoms with E-state index in [1.54, 1.807) is 0 Å². The highest BCUT2D eigenvalue weighted by Crippen LogP contribution is 2.60. The molecule has 0 aromatic rings. The average molecular weight is 263 g/mol. The minimum absolute atomic E-state index is 0.159. The number of nitrogens with zero attached hydrogens (tertiary/aromatic N) is 1. The third kappa shape index (κ3) is 1.33. The van der Waals surface area contributed by atoms with Gasteiger partial charge in [-0.3, -0.25) is 9.69 Å². The van der Waals surface area contributed by atoms with Crippen molar-refractivity contribution in [3.8, 4) is 0 Å². The zero-order valence-corrected chi connectivity index (χ0v) is 11.9. The van der Waals surface area contributed by atoms with Crippen LogP contribution in [0, 0.1) is 17.8 Å². The maximum atomic E-state index is 12.6. The fraction of sp³-hybridized carbons (Fsp3) is 0.938. The molecule has 0 aromatic carbocycles. The lowest BCUT2D eigenvalue weighted by Gasteiger charge is -2.68. The molecule has 2 saturated heterocycles. The van der Waals surface area contributed by atoms with E-state index in [9.17, 15) is 9.90 Å². The molecule has 2 aliphatic carbocycles. The van der Waals surface area contributed by atoms with Crippen LogP contribution in [0.1, 0.15) is 51.9 Å². The number of Topliss-reactive ketones (excluding diaryl/α,β-unsaturated/α-hetero) is 1. The van der Waals surface area contributed by atoms with Gasteiger partial charge < -0.3 is 5.11 Å². The van der Waals surface area contributed by atoms with E-state index in [2.05, 4.69) is 11.8 Å². The van der Waals surface area contributed by atoms with Gasteiger partial charge in [-0.2, -0.15) is 0 Å². The van der Waals surface area contributed by atoms with E-state index < -0.39 is 5.60 Å². The Kier molecular flexibility index (Phi) is 2.48. The Morgan fingerprint density at radius 3 is 2.95 bits per heavy atom. The molecule has 0 aromatic heterocycles. The van der Waals surface area contributed by atoms with Crippen molar-refractivity contribution in [3.05, 3.63) is 0 Å². The fourth-order valence-electron chi connectivity index (χ4n) is 6.18. The molecule has 2 bridgehead atoms. The number of piperidine rings is 2. The van der Waals surface area contributed by atoms with E-state index in [1.807, 2.05) is 0 Å². The summed E-state index contributed by atoms with van der Waals surface area (Å²) >= 11 is 0. The zero-order valence-electron chi connectivity index (χ0n) is 11.9. The predicted molar refractivity (Wildman–Crippen MR) is 72.7 cm³/mol. The summed E-state index contributed by atoms with van der Waals surface area (Å²) in [6.45, 7) is 4.49. The number of carbonyl (C=O) groups is 1. The highest BCUT2D eigenvalue weighted by Gasteiger charge is 2.69. The van der Waals surface area contributed by atoms with E-state index in [1.165, 1.54) is 19.3 Å². The highest BCUT2D eigenvalue weighted by atomic mass is 16.3. The summed E-state index contributed by atoms with van der Waals surface area (Å²) in [6, 6.07) is 0. The molecule has 106 valence electrons. The molecule has 1 N–H and O–H groups in total. The predicted octanol–water partition coefficient (Wildman–Crippen LogP) is 1.98. The molecule has 5 atom stereocenters. The summed E-state index contributed by atoms with van der Waals surface area (Å²) in [7, 11) is 0. The maximum absolute atomic E-state index is 12.6. The number of carbonyl (C=O) groups excluding carboxylic acids is 1. The summed E-state index contributed by atoms with van der Waals surface area (Å²) in [5, 5.41) is 11.3. The van der Waals surface area contributed by atoms with Gasteiger partial charge in [-0.15, -0.1) is 0 Å². The lowest BCUT2D eigenvalue weighted by molar-refractivity contribution is -0.230. The van der Waals surface area contributed by atoms with Crippen LogP contribution < -0.4 is 0 Å². The van der Waals surface area contributed by atoms with Gasteiger partial charge in [0.15, 0.2) is 5.78 Å². The van der Waals surface area contributed by atoms with E-state index >= 15 is 0 Å². The van der Waals surface area contributed by atoms with Gasteiger partial charge in [0, 0.05) is 6.42 Å². The second-order valence-electron chi connectivity index (χ2n) is 7.56. The molecule has 4 aliphatic rings. The number of ketones is 1. The van der Waals surface area contributed by atoms with Gasteiger partial charge in [0.25, 0.3) is 0 Å². The molecule has 19 heavy (non-hydrogen) atoms. The van der Waals surface area contributed by atoms with Gasteiger partial charge >= 0.3 is 0 Å². The minimum atomic E-state index is -1.03. The van der Waals surface area contributed by atoms with Crippen LogP contribution in [0.15, 0.2) is 0 Å². The van der Waals surface area contributed by atoms with E-state index in [4.69, 9.17) is 0 Å². The Balaban J connectivity index is 1.88. The molecule has 3 nitrogen and oxygen atoms in total. The molecule has 0 unspecified atom stereocenters. The molecule has 2 saturated carbocycles. The SMILES string of the molecule is C[C@@H]1C[C@H]2CC(=O)[C@@]3(O)CCCN4CCC[C@H]2[C@@]43C1. The van der Waals surface area contributed by atoms with Crippen molar-refractivity contribution >= 4 is 5.78 Å². The Morgan fingerprint density at radius 1 is 1.32 bits per heavy atom. The average Bonchev–Trinajstić information content (AvgIpc) is 2.36. The van der Waals surface area contributed by atoms with Crippen LogP contribution in [-0.2, 0) is 4.79 Å². The van der Waals surface area contributed by atoms with Gasteiger partial charge in [0.1, 0.15) is 5.60 Å². The molecule has 2 aliphatic heterocycles. The largest absolute Gasteiger partial charge is 0.380 e. The molecule has 4 fully saturated rings. The van der Waals surface area contributed by atoms with Crippen LogP contribution in [0.2, 0.25) is 0 Å². The number of aliphatic hydroxyl groups is 1. The molecule has 0 amide bonds.